The maximum Gasteiger partial charge on any atom is 0.183 e. The molecule has 0 atom stereocenters. The molecular weight excluding hydrogens is 310 g/mol. The number of pyridine rings is 1. The van der Waals surface area contributed by atoms with Gasteiger partial charge < -0.3 is 5.11 Å². The Morgan fingerprint density at radius 3 is 2.57 bits per heavy atom. The Morgan fingerprint density at radius 1 is 1.17 bits per heavy atom. The summed E-state index contributed by atoms with van der Waals surface area (Å²) in [4.78, 5) is 16.6. The summed E-state index contributed by atoms with van der Waals surface area (Å²) in [5.74, 6) is 0.245. The SMILES string of the molecule is CC(=O)/C(N=Nc1ccccc1SCc1ccccn1)=C(\C)O. The van der Waals surface area contributed by atoms with E-state index >= 15 is 0 Å². The van der Waals surface area contributed by atoms with E-state index in [9.17, 15) is 9.90 Å². The number of carbonyl (C=O) groups is 1. The molecule has 2 aromatic rings. The van der Waals surface area contributed by atoms with E-state index in [1.165, 1.54) is 13.8 Å². The first-order valence-corrected chi connectivity index (χ1v) is 8.00. The maximum atomic E-state index is 11.4. The van der Waals surface area contributed by atoms with Crippen molar-refractivity contribution in [1.29, 1.82) is 0 Å². The topological polar surface area (TPSA) is 74.9 Å². The minimum atomic E-state index is -0.327. The van der Waals surface area contributed by atoms with Crippen LogP contribution in [0.4, 0.5) is 5.69 Å². The van der Waals surface area contributed by atoms with Crippen molar-refractivity contribution < 1.29 is 9.90 Å². The number of benzene rings is 1. The summed E-state index contributed by atoms with van der Waals surface area (Å²) in [6, 6.07) is 13.3. The Labute approximate surface area is 139 Å². The molecule has 0 saturated heterocycles. The molecule has 1 N–H and O–H groups in total. The number of thioether (sulfide) groups is 1. The first-order valence-electron chi connectivity index (χ1n) is 7.02. The Balaban J connectivity index is 2.17. The van der Waals surface area contributed by atoms with Crippen LogP contribution in [0.3, 0.4) is 0 Å². The lowest BCUT2D eigenvalue weighted by molar-refractivity contribution is -0.113. The van der Waals surface area contributed by atoms with Gasteiger partial charge in [0.25, 0.3) is 0 Å². The fraction of sp³-hybridized carbons (Fsp3) is 0.176. The van der Waals surface area contributed by atoms with Crippen LogP contribution >= 0.6 is 11.8 Å². The molecule has 6 heteroatoms. The van der Waals surface area contributed by atoms with Gasteiger partial charge in [0, 0.05) is 23.8 Å². The van der Waals surface area contributed by atoms with Crippen molar-refractivity contribution in [2.75, 3.05) is 0 Å². The molecule has 0 spiro atoms. The number of aliphatic hydroxyl groups is 1. The molecule has 5 nitrogen and oxygen atoms in total. The number of aromatic nitrogens is 1. The lowest BCUT2D eigenvalue weighted by Crippen LogP contribution is -1.96. The molecule has 1 heterocycles. The Morgan fingerprint density at radius 2 is 1.91 bits per heavy atom. The standard InChI is InChI=1S/C17H17N3O2S/c1-12(21)17(13(2)22)20-19-15-8-3-4-9-16(15)23-11-14-7-5-6-10-18-14/h3-10,21H,11H2,1-2H3/b17-12-,20-19?. The average molecular weight is 327 g/mol. The number of ketones is 1. The molecule has 0 aliphatic carbocycles. The predicted molar refractivity (Wildman–Crippen MR) is 90.8 cm³/mol. The van der Waals surface area contributed by atoms with Gasteiger partial charge in [-0.25, -0.2) is 0 Å². The van der Waals surface area contributed by atoms with Gasteiger partial charge in [0.05, 0.1) is 11.4 Å². The Hall–Kier alpha value is -2.47. The van der Waals surface area contributed by atoms with Gasteiger partial charge in [-0.15, -0.1) is 22.0 Å². The second-order valence-corrected chi connectivity index (χ2v) is 5.78. The molecule has 0 amide bonds. The monoisotopic (exact) mass is 327 g/mol. The quantitative estimate of drug-likeness (QED) is 0.357. The summed E-state index contributed by atoms with van der Waals surface area (Å²) in [5.41, 5.74) is 1.59. The van der Waals surface area contributed by atoms with Gasteiger partial charge in [-0.3, -0.25) is 9.78 Å². The molecule has 0 aliphatic heterocycles. The lowest BCUT2D eigenvalue weighted by Gasteiger charge is -2.04. The van der Waals surface area contributed by atoms with E-state index in [0.717, 1.165) is 10.6 Å². The van der Waals surface area contributed by atoms with Gasteiger partial charge in [0.1, 0.15) is 5.76 Å². The first kappa shape index (κ1) is 16.9. The Kier molecular flexibility index (Phi) is 6.05. The van der Waals surface area contributed by atoms with Gasteiger partial charge in [0.2, 0.25) is 0 Å². The van der Waals surface area contributed by atoms with Crippen LogP contribution < -0.4 is 0 Å². The lowest BCUT2D eigenvalue weighted by atomic mass is 10.3. The smallest absolute Gasteiger partial charge is 0.183 e. The van der Waals surface area contributed by atoms with E-state index in [-0.39, 0.29) is 17.2 Å². The van der Waals surface area contributed by atoms with Crippen molar-refractivity contribution in [3.63, 3.8) is 0 Å². The third-order valence-electron chi connectivity index (χ3n) is 2.90. The number of Topliss-reactive ketones (excluding diaryl/α,β-unsaturated/α-hetero) is 1. The molecule has 0 unspecified atom stereocenters. The highest BCUT2D eigenvalue weighted by molar-refractivity contribution is 7.98. The van der Waals surface area contributed by atoms with E-state index in [4.69, 9.17) is 0 Å². The van der Waals surface area contributed by atoms with Crippen LogP contribution in [0.2, 0.25) is 0 Å². The molecule has 0 bridgehead atoms. The largest absolute Gasteiger partial charge is 0.510 e. The van der Waals surface area contributed by atoms with Gasteiger partial charge in [-0.05, 0) is 31.2 Å². The molecule has 0 aliphatic rings. The molecule has 2 rings (SSSR count). The predicted octanol–water partition coefficient (Wildman–Crippen LogP) is 4.84. The zero-order chi connectivity index (χ0) is 16.7. The molecule has 23 heavy (non-hydrogen) atoms. The fourth-order valence-electron chi connectivity index (χ4n) is 1.80. The highest BCUT2D eigenvalue weighted by Gasteiger charge is 2.08. The third-order valence-corrected chi connectivity index (χ3v) is 4.00. The van der Waals surface area contributed by atoms with Gasteiger partial charge in [0.15, 0.2) is 11.5 Å². The number of azo groups is 1. The van der Waals surface area contributed by atoms with Crippen molar-refractivity contribution in [1.82, 2.24) is 4.98 Å². The van der Waals surface area contributed by atoms with E-state index in [2.05, 4.69) is 15.2 Å². The number of rotatable bonds is 6. The Bertz CT molecular complexity index is 739. The summed E-state index contributed by atoms with van der Waals surface area (Å²) in [7, 11) is 0. The van der Waals surface area contributed by atoms with E-state index in [1.807, 2.05) is 42.5 Å². The van der Waals surface area contributed by atoms with E-state index in [0.29, 0.717) is 11.4 Å². The van der Waals surface area contributed by atoms with Gasteiger partial charge in [-0.1, -0.05) is 18.2 Å². The summed E-state index contributed by atoms with van der Waals surface area (Å²) >= 11 is 1.59. The number of allylic oxidation sites excluding steroid dienone is 2. The zero-order valence-corrected chi connectivity index (χ0v) is 13.7. The molecular formula is C17H17N3O2S. The normalized spacial score (nSPS) is 12.3. The van der Waals surface area contributed by atoms with Crippen LogP contribution in [0.5, 0.6) is 0 Å². The van der Waals surface area contributed by atoms with Crippen LogP contribution in [-0.4, -0.2) is 15.9 Å². The molecule has 0 fully saturated rings. The number of nitrogens with zero attached hydrogens (tertiary/aromatic N) is 3. The summed E-state index contributed by atoms with van der Waals surface area (Å²) in [6.45, 7) is 2.76. The molecule has 1 aromatic carbocycles. The van der Waals surface area contributed by atoms with E-state index in [1.54, 1.807) is 18.0 Å². The minimum Gasteiger partial charge on any atom is -0.510 e. The fourth-order valence-corrected chi connectivity index (χ4v) is 2.70. The van der Waals surface area contributed by atoms with Gasteiger partial charge >= 0.3 is 0 Å². The third kappa shape index (κ3) is 5.03. The van der Waals surface area contributed by atoms with Gasteiger partial charge in [-0.2, -0.15) is 0 Å². The maximum absolute atomic E-state index is 11.4. The molecule has 0 radical (unpaired) electrons. The summed E-state index contributed by atoms with van der Waals surface area (Å²) in [5, 5.41) is 17.5. The van der Waals surface area contributed by atoms with Crippen molar-refractivity contribution in [2.24, 2.45) is 10.2 Å². The van der Waals surface area contributed by atoms with Crippen LogP contribution in [0.1, 0.15) is 19.5 Å². The van der Waals surface area contributed by atoms with Crippen molar-refractivity contribution in [3.05, 3.63) is 65.8 Å². The molecule has 118 valence electrons. The highest BCUT2D eigenvalue weighted by atomic mass is 32.2. The first-order chi connectivity index (χ1) is 11.1. The second-order valence-electron chi connectivity index (χ2n) is 4.77. The van der Waals surface area contributed by atoms with Crippen molar-refractivity contribution in [2.45, 2.75) is 24.5 Å². The van der Waals surface area contributed by atoms with Crippen LogP contribution in [0.25, 0.3) is 0 Å². The van der Waals surface area contributed by atoms with Crippen LogP contribution in [-0.2, 0) is 10.5 Å². The number of hydrogen-bond donors (Lipinski definition) is 1. The molecule has 1 aromatic heterocycles. The van der Waals surface area contributed by atoms with Crippen molar-refractivity contribution in [3.8, 4) is 0 Å². The number of aliphatic hydroxyl groups excluding tert-OH is 1. The molecule has 0 saturated carbocycles. The number of carbonyl (C=O) groups excluding carboxylic acids is 1. The average Bonchev–Trinajstić information content (AvgIpc) is 2.54. The summed E-state index contributed by atoms with van der Waals surface area (Å²) < 4.78 is 0. The minimum absolute atomic E-state index is 0.0328. The second kappa shape index (κ2) is 8.24. The highest BCUT2D eigenvalue weighted by Crippen LogP contribution is 2.32. The number of hydrogen-bond acceptors (Lipinski definition) is 6. The van der Waals surface area contributed by atoms with Crippen molar-refractivity contribution >= 4 is 23.2 Å². The van der Waals surface area contributed by atoms with Crippen LogP contribution in [0.15, 0.2) is 75.2 Å². The zero-order valence-electron chi connectivity index (χ0n) is 12.9. The summed E-state index contributed by atoms with van der Waals surface area (Å²) in [6.07, 6.45) is 1.76. The van der Waals surface area contributed by atoms with Crippen LogP contribution in [0, 0.1) is 0 Å². The van der Waals surface area contributed by atoms with E-state index < -0.39 is 0 Å².